The van der Waals surface area contributed by atoms with Crippen LogP contribution in [0, 0.1) is 16.0 Å². The highest BCUT2D eigenvalue weighted by molar-refractivity contribution is 5.34. The van der Waals surface area contributed by atoms with Gasteiger partial charge in [0.05, 0.1) is 11.0 Å². The van der Waals surface area contributed by atoms with Gasteiger partial charge in [-0.1, -0.05) is 12.2 Å². The largest absolute Gasteiger partial charge is 0.388 e. The van der Waals surface area contributed by atoms with Crippen molar-refractivity contribution in [3.63, 3.8) is 0 Å². The number of nitro benzene ring substituents is 1. The van der Waals surface area contributed by atoms with Gasteiger partial charge in [0.25, 0.3) is 5.69 Å². The molecule has 0 radical (unpaired) electrons. The fourth-order valence-corrected chi connectivity index (χ4v) is 1.94. The van der Waals surface area contributed by atoms with Gasteiger partial charge in [-0.2, -0.15) is 0 Å². The molecule has 0 aliphatic rings. The number of nitrogens with zero attached hydrogens (tertiary/aromatic N) is 1. The summed E-state index contributed by atoms with van der Waals surface area (Å²) in [7, 11) is 0. The van der Waals surface area contributed by atoms with Crippen LogP contribution in [-0.2, 0) is 0 Å². The Labute approximate surface area is 113 Å². The van der Waals surface area contributed by atoms with Crippen LogP contribution in [0.15, 0.2) is 49.6 Å². The third-order valence-electron chi connectivity index (χ3n) is 3.10. The number of benzene rings is 1. The van der Waals surface area contributed by atoms with Crippen LogP contribution in [0.2, 0.25) is 0 Å². The first-order valence-electron chi connectivity index (χ1n) is 6.26. The summed E-state index contributed by atoms with van der Waals surface area (Å²) >= 11 is 0. The first-order chi connectivity index (χ1) is 9.10. The van der Waals surface area contributed by atoms with Gasteiger partial charge in [-0.05, 0) is 37.0 Å². The zero-order chi connectivity index (χ0) is 14.3. The normalized spacial score (nSPS) is 13.5. The lowest BCUT2D eigenvalue weighted by Crippen LogP contribution is -2.10. The number of allylic oxidation sites excluding steroid dienone is 1. The second-order valence-corrected chi connectivity index (χ2v) is 4.41. The van der Waals surface area contributed by atoms with Crippen LogP contribution in [-0.4, -0.2) is 10.0 Å². The van der Waals surface area contributed by atoms with E-state index in [9.17, 15) is 15.2 Å². The molecule has 0 spiro atoms. The molecule has 0 saturated carbocycles. The van der Waals surface area contributed by atoms with E-state index in [0.717, 1.165) is 19.3 Å². The summed E-state index contributed by atoms with van der Waals surface area (Å²) in [6, 6.07) is 5.99. The molecule has 0 aliphatic heterocycles. The molecule has 0 fully saturated rings. The standard InChI is InChI=1S/C15H19NO3/c1-3-5-6-7-12(4-2)15(17)13-8-10-14(11-9-13)16(18)19/h3-4,8-12,15,17H,1-2,5-7H2/t12-,15+/m1/s1. The van der Waals surface area contributed by atoms with Crippen LogP contribution in [0.5, 0.6) is 0 Å². The highest BCUT2D eigenvalue weighted by Gasteiger charge is 2.18. The summed E-state index contributed by atoms with van der Waals surface area (Å²) < 4.78 is 0. The molecule has 0 saturated heterocycles. The van der Waals surface area contributed by atoms with E-state index in [4.69, 9.17) is 0 Å². The average Bonchev–Trinajstić information content (AvgIpc) is 2.43. The molecule has 1 aromatic rings. The zero-order valence-electron chi connectivity index (χ0n) is 10.9. The summed E-state index contributed by atoms with van der Waals surface area (Å²) in [6.45, 7) is 7.40. The molecule has 2 atom stereocenters. The molecule has 1 aromatic carbocycles. The second-order valence-electron chi connectivity index (χ2n) is 4.41. The Kier molecular flexibility index (Phi) is 5.96. The topological polar surface area (TPSA) is 63.4 Å². The molecule has 1 rings (SSSR count). The number of hydrogen-bond donors (Lipinski definition) is 1. The monoisotopic (exact) mass is 261 g/mol. The Bertz CT molecular complexity index is 439. The van der Waals surface area contributed by atoms with Gasteiger partial charge in [0.2, 0.25) is 0 Å². The number of non-ortho nitro benzene ring substituents is 1. The van der Waals surface area contributed by atoms with E-state index < -0.39 is 11.0 Å². The molecule has 0 heterocycles. The number of rotatable bonds is 8. The fraction of sp³-hybridized carbons (Fsp3) is 0.333. The number of aliphatic hydroxyl groups excluding tert-OH is 1. The zero-order valence-corrected chi connectivity index (χ0v) is 10.9. The van der Waals surface area contributed by atoms with Crippen molar-refractivity contribution >= 4 is 5.69 Å². The maximum Gasteiger partial charge on any atom is 0.269 e. The SMILES string of the molecule is C=CCCC[C@@H](C=C)[C@H](O)c1ccc([N+](=O)[O-])cc1. The van der Waals surface area contributed by atoms with Gasteiger partial charge in [0, 0.05) is 18.1 Å². The second kappa shape index (κ2) is 7.48. The van der Waals surface area contributed by atoms with Gasteiger partial charge in [-0.25, -0.2) is 0 Å². The van der Waals surface area contributed by atoms with Crippen LogP contribution in [0.4, 0.5) is 5.69 Å². The van der Waals surface area contributed by atoms with Gasteiger partial charge in [-0.15, -0.1) is 13.2 Å². The summed E-state index contributed by atoms with van der Waals surface area (Å²) in [4.78, 5) is 10.1. The molecule has 1 N–H and O–H groups in total. The number of aliphatic hydroxyl groups is 1. The lowest BCUT2D eigenvalue weighted by molar-refractivity contribution is -0.384. The van der Waals surface area contributed by atoms with Crippen molar-refractivity contribution in [3.05, 3.63) is 65.3 Å². The smallest absolute Gasteiger partial charge is 0.269 e. The van der Waals surface area contributed by atoms with Crippen molar-refractivity contribution in [3.8, 4) is 0 Å². The molecule has 4 nitrogen and oxygen atoms in total. The van der Waals surface area contributed by atoms with E-state index in [1.54, 1.807) is 18.2 Å². The summed E-state index contributed by atoms with van der Waals surface area (Å²) in [5.41, 5.74) is 0.701. The third kappa shape index (κ3) is 4.34. The molecule has 0 bridgehead atoms. The lowest BCUT2D eigenvalue weighted by atomic mass is 9.91. The highest BCUT2D eigenvalue weighted by atomic mass is 16.6. The van der Waals surface area contributed by atoms with E-state index in [1.165, 1.54) is 12.1 Å². The van der Waals surface area contributed by atoms with Gasteiger partial charge >= 0.3 is 0 Å². The molecule has 0 aliphatic carbocycles. The Morgan fingerprint density at radius 1 is 1.32 bits per heavy atom. The van der Waals surface area contributed by atoms with Gasteiger partial charge in [0.15, 0.2) is 0 Å². The molecule has 4 heteroatoms. The predicted octanol–water partition coefficient (Wildman–Crippen LogP) is 3.79. The first-order valence-corrected chi connectivity index (χ1v) is 6.26. The Morgan fingerprint density at radius 3 is 2.42 bits per heavy atom. The molecule has 0 unspecified atom stereocenters. The van der Waals surface area contributed by atoms with Crippen LogP contribution in [0.1, 0.15) is 30.9 Å². The minimum atomic E-state index is -0.678. The van der Waals surface area contributed by atoms with Crippen LogP contribution < -0.4 is 0 Å². The highest BCUT2D eigenvalue weighted by Crippen LogP contribution is 2.28. The van der Waals surface area contributed by atoms with Crippen LogP contribution in [0.25, 0.3) is 0 Å². The average molecular weight is 261 g/mol. The number of unbranched alkanes of at least 4 members (excludes halogenated alkanes) is 1. The van der Waals surface area contributed by atoms with E-state index in [0.29, 0.717) is 5.56 Å². The fourth-order valence-electron chi connectivity index (χ4n) is 1.94. The van der Waals surface area contributed by atoms with E-state index in [2.05, 4.69) is 13.2 Å². The Hall–Kier alpha value is -1.94. The molecule has 102 valence electrons. The van der Waals surface area contributed by atoms with Crippen LogP contribution in [0.3, 0.4) is 0 Å². The maximum absolute atomic E-state index is 10.6. The third-order valence-corrected chi connectivity index (χ3v) is 3.10. The maximum atomic E-state index is 10.6. The van der Waals surface area contributed by atoms with Crippen molar-refractivity contribution in [1.29, 1.82) is 0 Å². The van der Waals surface area contributed by atoms with Crippen molar-refractivity contribution in [1.82, 2.24) is 0 Å². The summed E-state index contributed by atoms with van der Waals surface area (Å²) in [5, 5.41) is 20.8. The molecular formula is C15H19NO3. The quantitative estimate of drug-likeness (QED) is 0.335. The minimum Gasteiger partial charge on any atom is -0.388 e. The van der Waals surface area contributed by atoms with Crippen LogP contribution >= 0.6 is 0 Å². The number of nitro groups is 1. The van der Waals surface area contributed by atoms with Gasteiger partial charge in [0.1, 0.15) is 0 Å². The molecule has 19 heavy (non-hydrogen) atoms. The van der Waals surface area contributed by atoms with Crippen molar-refractivity contribution in [2.24, 2.45) is 5.92 Å². The predicted molar refractivity (Wildman–Crippen MR) is 75.8 cm³/mol. The first kappa shape index (κ1) is 15.1. The van der Waals surface area contributed by atoms with Gasteiger partial charge in [-0.3, -0.25) is 10.1 Å². The Morgan fingerprint density at radius 2 is 1.95 bits per heavy atom. The van der Waals surface area contributed by atoms with Crippen molar-refractivity contribution in [2.45, 2.75) is 25.4 Å². The molecule has 0 amide bonds. The summed E-state index contributed by atoms with van der Waals surface area (Å²) in [6.07, 6.45) is 5.55. The molecule has 0 aromatic heterocycles. The number of hydrogen-bond acceptors (Lipinski definition) is 3. The van der Waals surface area contributed by atoms with E-state index >= 15 is 0 Å². The molecular weight excluding hydrogens is 242 g/mol. The summed E-state index contributed by atoms with van der Waals surface area (Å²) in [5.74, 6) is -0.0543. The van der Waals surface area contributed by atoms with E-state index in [1.807, 2.05) is 6.08 Å². The lowest BCUT2D eigenvalue weighted by Gasteiger charge is -2.19. The Balaban J connectivity index is 2.73. The minimum absolute atomic E-state index is 0.0257. The van der Waals surface area contributed by atoms with Crippen molar-refractivity contribution in [2.75, 3.05) is 0 Å². The van der Waals surface area contributed by atoms with Gasteiger partial charge < -0.3 is 5.11 Å². The van der Waals surface area contributed by atoms with Crippen molar-refractivity contribution < 1.29 is 10.0 Å². The van der Waals surface area contributed by atoms with E-state index in [-0.39, 0.29) is 11.6 Å².